The van der Waals surface area contributed by atoms with Gasteiger partial charge in [-0.1, -0.05) is 54.9 Å². The van der Waals surface area contributed by atoms with Crippen LogP contribution in [0.1, 0.15) is 39.6 Å². The maximum absolute atomic E-state index is 12.9. The Morgan fingerprint density at radius 2 is 1.61 bits per heavy atom. The number of amides is 3. The van der Waals surface area contributed by atoms with Gasteiger partial charge in [-0.25, -0.2) is 4.79 Å². The molecule has 0 atom stereocenters. The Kier molecular flexibility index (Phi) is 8.55. The van der Waals surface area contributed by atoms with Gasteiger partial charge in [-0.3, -0.25) is 19.3 Å². The number of hydrogen-bond donors (Lipinski definition) is 2. The molecule has 2 N–H and O–H groups in total. The van der Waals surface area contributed by atoms with Crippen molar-refractivity contribution in [1.29, 1.82) is 0 Å². The largest absolute Gasteiger partial charge is 0.462 e. The first-order valence-electron chi connectivity index (χ1n) is 12.1. The van der Waals surface area contributed by atoms with Gasteiger partial charge in [-0.2, -0.15) is 0 Å². The van der Waals surface area contributed by atoms with Crippen LogP contribution in [0.15, 0.2) is 89.6 Å². The van der Waals surface area contributed by atoms with Crippen LogP contribution in [-0.4, -0.2) is 41.7 Å². The molecule has 194 valence electrons. The highest BCUT2D eigenvalue weighted by Crippen LogP contribution is 2.26. The Hall–Kier alpha value is -4.43. The fraction of sp³-hybridized carbons (Fsp3) is 0.172. The number of ether oxygens (including phenoxy) is 1. The average Bonchev–Trinajstić information content (AvgIpc) is 3.14. The second-order valence-corrected chi connectivity index (χ2v) is 8.94. The van der Waals surface area contributed by atoms with Gasteiger partial charge >= 0.3 is 5.97 Å². The lowest BCUT2D eigenvalue weighted by molar-refractivity contribution is -0.137. The van der Waals surface area contributed by atoms with Crippen molar-refractivity contribution >= 4 is 46.7 Å². The van der Waals surface area contributed by atoms with Crippen molar-refractivity contribution in [2.24, 2.45) is 0 Å². The molecule has 0 aliphatic carbocycles. The summed E-state index contributed by atoms with van der Waals surface area (Å²) in [6.07, 6.45) is 1.23. The van der Waals surface area contributed by atoms with E-state index in [0.717, 1.165) is 10.5 Å². The maximum Gasteiger partial charge on any atom is 0.338 e. The van der Waals surface area contributed by atoms with Gasteiger partial charge in [0.15, 0.2) is 0 Å². The van der Waals surface area contributed by atoms with Gasteiger partial charge in [0, 0.05) is 23.5 Å². The first-order chi connectivity index (χ1) is 18.4. The van der Waals surface area contributed by atoms with Gasteiger partial charge in [0.1, 0.15) is 10.7 Å². The number of halogens is 1. The van der Waals surface area contributed by atoms with Crippen molar-refractivity contribution in [2.75, 3.05) is 23.8 Å². The molecule has 9 heteroatoms. The zero-order chi connectivity index (χ0) is 27.1. The van der Waals surface area contributed by atoms with Crippen LogP contribution >= 0.6 is 11.6 Å². The van der Waals surface area contributed by atoms with Crippen molar-refractivity contribution in [3.8, 4) is 0 Å². The summed E-state index contributed by atoms with van der Waals surface area (Å²) in [5.41, 5.74) is 2.63. The first-order valence-corrected chi connectivity index (χ1v) is 12.5. The van der Waals surface area contributed by atoms with Crippen LogP contribution in [-0.2, 0) is 20.7 Å². The molecular weight excluding hydrogens is 506 g/mol. The number of nitrogens with one attached hydrogen (secondary N) is 2. The molecule has 0 radical (unpaired) electrons. The smallest absolute Gasteiger partial charge is 0.338 e. The summed E-state index contributed by atoms with van der Waals surface area (Å²) < 4.78 is 5.13. The quantitative estimate of drug-likeness (QED) is 0.282. The number of rotatable bonds is 10. The van der Waals surface area contributed by atoms with E-state index in [1.54, 1.807) is 48.5 Å². The van der Waals surface area contributed by atoms with Crippen LogP contribution in [0.4, 0.5) is 11.4 Å². The van der Waals surface area contributed by atoms with Gasteiger partial charge in [-0.15, -0.1) is 0 Å². The Morgan fingerprint density at radius 3 is 2.32 bits per heavy atom. The van der Waals surface area contributed by atoms with Crippen LogP contribution in [0.3, 0.4) is 0 Å². The zero-order valence-electron chi connectivity index (χ0n) is 20.7. The van der Waals surface area contributed by atoms with Gasteiger partial charge in [-0.05, 0) is 60.9 Å². The van der Waals surface area contributed by atoms with E-state index in [2.05, 4.69) is 10.6 Å². The van der Waals surface area contributed by atoms with E-state index in [9.17, 15) is 19.2 Å². The summed E-state index contributed by atoms with van der Waals surface area (Å²) in [6.45, 7) is 2.44. The highest BCUT2D eigenvalue weighted by atomic mass is 35.5. The molecule has 0 saturated heterocycles. The fourth-order valence-electron chi connectivity index (χ4n) is 3.80. The third-order valence-corrected chi connectivity index (χ3v) is 6.14. The Balaban J connectivity index is 1.37. The summed E-state index contributed by atoms with van der Waals surface area (Å²) in [5.74, 6) is -1.89. The molecule has 0 unspecified atom stereocenters. The molecule has 0 spiro atoms. The molecule has 0 bridgehead atoms. The summed E-state index contributed by atoms with van der Waals surface area (Å²) in [4.78, 5) is 51.3. The molecule has 1 heterocycles. The number of anilines is 2. The summed E-state index contributed by atoms with van der Waals surface area (Å²) in [7, 11) is 0. The van der Waals surface area contributed by atoms with Crippen molar-refractivity contribution in [3.63, 3.8) is 0 Å². The minimum absolute atomic E-state index is 0.00583. The minimum Gasteiger partial charge on any atom is -0.462 e. The lowest BCUT2D eigenvalue weighted by Gasteiger charge is -2.15. The van der Waals surface area contributed by atoms with E-state index < -0.39 is 17.8 Å². The van der Waals surface area contributed by atoms with Crippen LogP contribution in [0.25, 0.3) is 0 Å². The van der Waals surface area contributed by atoms with Crippen molar-refractivity contribution in [1.82, 2.24) is 4.90 Å². The third-order valence-electron chi connectivity index (χ3n) is 5.79. The molecule has 8 nitrogen and oxygen atoms in total. The Morgan fingerprint density at radius 1 is 0.868 bits per heavy atom. The Bertz CT molecular complexity index is 1390. The van der Waals surface area contributed by atoms with E-state index in [0.29, 0.717) is 42.0 Å². The number of esters is 1. The SMILES string of the molecule is CCCOC(=O)c1cccc(NC(=O)c2ccc(NC3=C(Cl)C(=O)N(CCc4ccccc4)C3=O)cc2)c1. The number of carbonyl (C=O) groups is 4. The topological polar surface area (TPSA) is 105 Å². The molecule has 1 aliphatic heterocycles. The maximum atomic E-state index is 12.9. The molecule has 0 aromatic heterocycles. The van der Waals surface area contributed by atoms with E-state index in [-0.39, 0.29) is 23.2 Å². The standard InChI is InChI=1S/C29H26ClN3O5/c1-2-17-38-29(37)21-9-6-10-23(18-21)32-26(34)20-11-13-22(14-12-20)31-25-24(30)27(35)33(28(25)36)16-15-19-7-4-3-5-8-19/h3-14,18,31H,2,15-17H2,1H3,(H,32,34). The van der Waals surface area contributed by atoms with Crippen LogP contribution < -0.4 is 10.6 Å². The summed E-state index contributed by atoms with van der Waals surface area (Å²) >= 11 is 6.19. The lowest BCUT2D eigenvalue weighted by Crippen LogP contribution is -2.34. The second kappa shape index (κ2) is 12.2. The second-order valence-electron chi connectivity index (χ2n) is 8.56. The monoisotopic (exact) mass is 531 g/mol. The molecular formula is C29H26ClN3O5. The highest BCUT2D eigenvalue weighted by Gasteiger charge is 2.37. The number of benzene rings is 3. The van der Waals surface area contributed by atoms with E-state index in [4.69, 9.17) is 16.3 Å². The average molecular weight is 532 g/mol. The number of hydrogen-bond acceptors (Lipinski definition) is 6. The van der Waals surface area contributed by atoms with Crippen molar-refractivity contribution < 1.29 is 23.9 Å². The molecule has 3 amide bonds. The van der Waals surface area contributed by atoms with Gasteiger partial charge < -0.3 is 15.4 Å². The van der Waals surface area contributed by atoms with Gasteiger partial charge in [0.05, 0.1) is 12.2 Å². The molecule has 0 fully saturated rings. The number of nitrogens with zero attached hydrogens (tertiary/aromatic N) is 1. The zero-order valence-corrected chi connectivity index (χ0v) is 21.5. The molecule has 4 rings (SSSR count). The lowest BCUT2D eigenvalue weighted by atomic mass is 10.1. The van der Waals surface area contributed by atoms with Crippen molar-refractivity contribution in [3.05, 3.63) is 106 Å². The van der Waals surface area contributed by atoms with Crippen LogP contribution in [0.2, 0.25) is 0 Å². The van der Waals surface area contributed by atoms with E-state index >= 15 is 0 Å². The van der Waals surface area contributed by atoms with Crippen LogP contribution in [0.5, 0.6) is 0 Å². The fourth-order valence-corrected chi connectivity index (χ4v) is 4.03. The summed E-state index contributed by atoms with van der Waals surface area (Å²) in [5, 5.41) is 5.48. The minimum atomic E-state index is -0.549. The molecule has 0 saturated carbocycles. The molecule has 38 heavy (non-hydrogen) atoms. The van der Waals surface area contributed by atoms with E-state index in [1.165, 1.54) is 0 Å². The Labute approximate surface area is 225 Å². The van der Waals surface area contributed by atoms with Gasteiger partial charge in [0.2, 0.25) is 0 Å². The highest BCUT2D eigenvalue weighted by molar-refractivity contribution is 6.48. The van der Waals surface area contributed by atoms with E-state index in [1.807, 2.05) is 37.3 Å². The number of imide groups is 1. The number of carbonyl (C=O) groups excluding carboxylic acids is 4. The van der Waals surface area contributed by atoms with Gasteiger partial charge in [0.25, 0.3) is 17.7 Å². The predicted molar refractivity (Wildman–Crippen MR) is 145 cm³/mol. The molecule has 3 aromatic rings. The molecule has 1 aliphatic rings. The normalized spacial score (nSPS) is 13.1. The first kappa shape index (κ1) is 26.6. The van der Waals surface area contributed by atoms with Crippen molar-refractivity contribution in [2.45, 2.75) is 19.8 Å². The predicted octanol–water partition coefficient (Wildman–Crippen LogP) is 4.98. The van der Waals surface area contributed by atoms with Crippen LogP contribution in [0, 0.1) is 0 Å². The third kappa shape index (κ3) is 6.27. The molecule has 3 aromatic carbocycles. The summed E-state index contributed by atoms with van der Waals surface area (Å²) in [6, 6.07) is 22.4.